The Balaban J connectivity index is 0.000000183. The Kier molecular flexibility index (Phi) is 16.3. The maximum absolute atomic E-state index is 13.9. The first-order valence-electron chi connectivity index (χ1n) is 23.5. The lowest BCUT2D eigenvalue weighted by molar-refractivity contribution is 0.103. The van der Waals surface area contributed by atoms with Gasteiger partial charge in [0.05, 0.1) is 0 Å². The van der Waals surface area contributed by atoms with Crippen molar-refractivity contribution in [3.05, 3.63) is 173 Å². The number of halogens is 2. The molecular weight excluding hydrogens is 907 g/mol. The van der Waals surface area contributed by atoms with E-state index < -0.39 is 0 Å². The predicted molar refractivity (Wildman–Crippen MR) is 279 cm³/mol. The third-order valence-electron chi connectivity index (χ3n) is 12.7. The lowest BCUT2D eigenvalue weighted by atomic mass is 9.97. The zero-order valence-electron chi connectivity index (χ0n) is 38.1. The molecule has 0 spiro atoms. The van der Waals surface area contributed by atoms with Gasteiger partial charge in [-0.2, -0.15) is 0 Å². The summed E-state index contributed by atoms with van der Waals surface area (Å²) in [7, 11) is 0. The zero-order chi connectivity index (χ0) is 47.0. The minimum Gasteiger partial charge on any atom is -0.508 e. The van der Waals surface area contributed by atoms with Crippen molar-refractivity contribution in [1.82, 2.24) is 9.80 Å². The molecule has 6 aromatic carbocycles. The molecule has 0 unspecified atom stereocenters. The van der Waals surface area contributed by atoms with Crippen molar-refractivity contribution in [3.8, 4) is 38.1 Å². The molecular formula is C58H58F2N2O5S2. The molecule has 8 aromatic rings. The molecule has 2 aliphatic rings. The number of carbonyl (C=O) groups excluding carboxylic acids is 2. The Labute approximate surface area is 411 Å². The number of rotatable bonds is 14. The molecule has 1 N–H and O–H groups in total. The number of carbonyl (C=O) groups is 2. The molecule has 0 atom stereocenters. The number of ketones is 2. The minimum absolute atomic E-state index is 0. The number of benzene rings is 6. The van der Waals surface area contributed by atoms with Gasteiger partial charge in [-0.05, 0) is 167 Å². The van der Waals surface area contributed by atoms with Gasteiger partial charge in [-0.25, -0.2) is 8.78 Å². The molecule has 0 amide bonds. The van der Waals surface area contributed by atoms with Gasteiger partial charge in [0.15, 0.2) is 11.6 Å². The Hall–Kier alpha value is -6.24. The van der Waals surface area contributed by atoms with Crippen LogP contribution in [0, 0.1) is 18.6 Å². The average molecular weight is 965 g/mol. The highest BCUT2D eigenvalue weighted by molar-refractivity contribution is 7.23. The van der Waals surface area contributed by atoms with E-state index in [1.54, 1.807) is 48.5 Å². The van der Waals surface area contributed by atoms with Crippen molar-refractivity contribution in [1.29, 1.82) is 0 Å². The molecule has 10 rings (SSSR count). The van der Waals surface area contributed by atoms with Crippen molar-refractivity contribution in [2.75, 3.05) is 52.5 Å². The molecule has 2 aromatic heterocycles. The number of phenolic OH excluding ortho intramolecular Hbond substituents is 1. The van der Waals surface area contributed by atoms with E-state index in [4.69, 9.17) is 9.47 Å². The SMILES string of the molecule is C.Cc1ccc(-c2sc3cc(F)ccc3c2C(=O)c2ccc(OCCN3CCCCC3)cc2)cc1.O=C(c1ccc(OCCN2CCCCC2)cc1)c1c(-c2ccc(F)cc2)sc2cc(O)ccc12. The number of likely N-dealkylation sites (tertiary alicyclic amines) is 2. The van der Waals surface area contributed by atoms with Gasteiger partial charge in [0.2, 0.25) is 0 Å². The molecule has 11 heteroatoms. The summed E-state index contributed by atoms with van der Waals surface area (Å²) in [5.41, 5.74) is 5.23. The van der Waals surface area contributed by atoms with E-state index in [9.17, 15) is 23.5 Å². The number of thiophene rings is 2. The molecule has 7 nitrogen and oxygen atoms in total. The van der Waals surface area contributed by atoms with Gasteiger partial charge in [-0.1, -0.05) is 62.2 Å². The molecule has 69 heavy (non-hydrogen) atoms. The van der Waals surface area contributed by atoms with Gasteiger partial charge in [-0.3, -0.25) is 19.4 Å². The van der Waals surface area contributed by atoms with Crippen molar-refractivity contribution in [3.63, 3.8) is 0 Å². The highest BCUT2D eigenvalue weighted by atomic mass is 32.1. The molecule has 2 aliphatic heterocycles. The fourth-order valence-corrected chi connectivity index (χ4v) is 11.4. The fraction of sp³-hybridized carbons (Fsp3) is 0.276. The first-order valence-corrected chi connectivity index (χ1v) is 25.1. The summed E-state index contributed by atoms with van der Waals surface area (Å²) in [4.78, 5) is 33.8. The summed E-state index contributed by atoms with van der Waals surface area (Å²) in [6, 6.07) is 38.5. The highest BCUT2D eigenvalue weighted by Crippen LogP contribution is 2.42. The lowest BCUT2D eigenvalue weighted by Gasteiger charge is -2.26. The number of phenols is 1. The van der Waals surface area contributed by atoms with E-state index in [2.05, 4.69) is 9.80 Å². The van der Waals surface area contributed by atoms with Crippen molar-refractivity contribution < 1.29 is 33.0 Å². The van der Waals surface area contributed by atoms with Gasteiger partial charge in [0.1, 0.15) is 42.1 Å². The molecule has 356 valence electrons. The van der Waals surface area contributed by atoms with Gasteiger partial charge in [0, 0.05) is 65.3 Å². The molecule has 4 heterocycles. The predicted octanol–water partition coefficient (Wildman–Crippen LogP) is 14.3. The molecule has 0 saturated carbocycles. The molecule has 0 aliphatic carbocycles. The van der Waals surface area contributed by atoms with E-state index in [1.165, 1.54) is 85.5 Å². The van der Waals surface area contributed by atoms with E-state index in [0.29, 0.717) is 35.5 Å². The first kappa shape index (κ1) is 49.2. The monoisotopic (exact) mass is 964 g/mol. The number of hydrogen-bond donors (Lipinski definition) is 1. The Morgan fingerprint density at radius 1 is 0.536 bits per heavy atom. The standard InChI is InChI=1S/C29H28FNO2S.C28H26FNO3S.CH4/c1-20-5-7-22(8-6-20)29-27(25-14-11-23(30)19-26(25)34-29)28(32)21-9-12-24(13-10-21)33-18-17-31-15-3-2-4-16-31;29-21-8-4-20(5-9-21)28-26(24-13-10-22(31)18-25(24)34-28)27(32)19-6-11-23(12-7-19)33-17-16-30-14-2-1-3-15-30;/h5-14,19H,2-4,15-18H2,1H3;4-13,18,31H,1-3,14-17H2;1H4. The maximum Gasteiger partial charge on any atom is 0.195 e. The van der Waals surface area contributed by atoms with Gasteiger partial charge in [-0.15, -0.1) is 22.7 Å². The van der Waals surface area contributed by atoms with Gasteiger partial charge < -0.3 is 14.6 Å². The average Bonchev–Trinajstić information content (AvgIpc) is 3.93. The van der Waals surface area contributed by atoms with Crippen LogP contribution in [0.2, 0.25) is 0 Å². The fourth-order valence-electron chi connectivity index (χ4n) is 8.96. The van der Waals surface area contributed by atoms with Crippen LogP contribution >= 0.6 is 22.7 Å². The van der Waals surface area contributed by atoms with Gasteiger partial charge >= 0.3 is 0 Å². The summed E-state index contributed by atoms with van der Waals surface area (Å²) in [6.07, 6.45) is 7.70. The van der Waals surface area contributed by atoms with E-state index >= 15 is 0 Å². The van der Waals surface area contributed by atoms with Crippen LogP contribution in [0.3, 0.4) is 0 Å². The summed E-state index contributed by atoms with van der Waals surface area (Å²) in [5, 5.41) is 11.5. The highest BCUT2D eigenvalue weighted by Gasteiger charge is 2.24. The zero-order valence-corrected chi connectivity index (χ0v) is 39.8. The van der Waals surface area contributed by atoms with Gasteiger partial charge in [0.25, 0.3) is 0 Å². The van der Waals surface area contributed by atoms with Crippen LogP contribution in [0.1, 0.15) is 83.4 Å². The largest absolute Gasteiger partial charge is 0.508 e. The lowest BCUT2D eigenvalue weighted by Crippen LogP contribution is -2.33. The summed E-state index contributed by atoms with van der Waals surface area (Å²) in [5.74, 6) is 0.853. The number of aryl methyl sites for hydroxylation is 1. The maximum atomic E-state index is 13.9. The number of aromatic hydroxyl groups is 1. The minimum atomic E-state index is -0.328. The van der Waals surface area contributed by atoms with Crippen LogP contribution in [0.4, 0.5) is 8.78 Å². The van der Waals surface area contributed by atoms with Crippen LogP contribution in [0.25, 0.3) is 41.1 Å². The van der Waals surface area contributed by atoms with E-state index in [0.717, 1.165) is 97.4 Å². The number of hydrogen-bond acceptors (Lipinski definition) is 9. The Morgan fingerprint density at radius 3 is 1.43 bits per heavy atom. The normalized spacial score (nSPS) is 14.2. The molecule has 0 bridgehead atoms. The van der Waals surface area contributed by atoms with Crippen LogP contribution < -0.4 is 9.47 Å². The van der Waals surface area contributed by atoms with Crippen LogP contribution in [0.5, 0.6) is 17.2 Å². The number of nitrogens with zero attached hydrogens (tertiary/aromatic N) is 2. The number of piperidine rings is 2. The van der Waals surface area contributed by atoms with Crippen molar-refractivity contribution >= 4 is 54.4 Å². The Morgan fingerprint density at radius 2 is 0.957 bits per heavy atom. The summed E-state index contributed by atoms with van der Waals surface area (Å²) >= 11 is 2.87. The van der Waals surface area contributed by atoms with E-state index in [-0.39, 0.29) is 36.4 Å². The topological polar surface area (TPSA) is 79.3 Å². The molecule has 0 radical (unpaired) electrons. The number of fused-ring (bicyclic) bond motifs is 2. The van der Waals surface area contributed by atoms with Crippen molar-refractivity contribution in [2.24, 2.45) is 0 Å². The third kappa shape index (κ3) is 12.0. The smallest absolute Gasteiger partial charge is 0.195 e. The third-order valence-corrected chi connectivity index (χ3v) is 15.1. The van der Waals surface area contributed by atoms with Crippen molar-refractivity contribution in [2.45, 2.75) is 52.9 Å². The summed E-state index contributed by atoms with van der Waals surface area (Å²) in [6.45, 7) is 9.72. The molecule has 2 saturated heterocycles. The number of ether oxygens (including phenoxy) is 2. The first-order chi connectivity index (χ1) is 33.2. The second-order valence-electron chi connectivity index (χ2n) is 17.5. The van der Waals surface area contributed by atoms with Crippen LogP contribution in [-0.2, 0) is 0 Å². The van der Waals surface area contributed by atoms with E-state index in [1.807, 2.05) is 67.6 Å². The second-order valence-corrected chi connectivity index (χ2v) is 19.6. The molecule has 2 fully saturated rings. The summed E-state index contributed by atoms with van der Waals surface area (Å²) < 4.78 is 40.8. The van der Waals surface area contributed by atoms with Crippen LogP contribution in [0.15, 0.2) is 133 Å². The quantitative estimate of drug-likeness (QED) is 0.109. The Bertz CT molecular complexity index is 2790. The second kappa shape index (κ2) is 22.9. The van der Waals surface area contributed by atoms with Crippen LogP contribution in [-0.4, -0.2) is 79.0 Å².